The molecule has 3 heteroatoms. The van der Waals surface area contributed by atoms with E-state index in [1.807, 2.05) is 18.2 Å². The van der Waals surface area contributed by atoms with Crippen molar-refractivity contribution in [3.8, 4) is 0 Å². The summed E-state index contributed by atoms with van der Waals surface area (Å²) in [4.78, 5) is 0. The number of ether oxygens (including phenoxy) is 3. The summed E-state index contributed by atoms with van der Waals surface area (Å²) in [6.07, 6.45) is 1.84. The molecule has 0 N–H and O–H groups in total. The molecule has 1 atom stereocenters. The van der Waals surface area contributed by atoms with Crippen LogP contribution in [0.1, 0.15) is 32.3 Å². The Morgan fingerprint density at radius 2 is 1.94 bits per heavy atom. The summed E-state index contributed by atoms with van der Waals surface area (Å²) in [5, 5.41) is 0. The summed E-state index contributed by atoms with van der Waals surface area (Å²) in [7, 11) is 0. The molecule has 1 heterocycles. The molecule has 0 aliphatic carbocycles. The Balaban J connectivity index is 1.73. The monoisotopic (exact) mass is 250 g/mol. The fourth-order valence-corrected chi connectivity index (χ4v) is 2.20. The SMILES string of the molecule is CCC1(CC)OC[C@@H](COCc2ccccc2)O1. The Kier molecular flexibility index (Phi) is 4.75. The zero-order chi connectivity index (χ0) is 12.8. The maximum atomic E-state index is 5.94. The second-order valence-corrected chi connectivity index (χ2v) is 4.67. The molecule has 1 aliphatic rings. The van der Waals surface area contributed by atoms with Gasteiger partial charge >= 0.3 is 0 Å². The standard InChI is InChI=1S/C15H22O3/c1-3-15(4-2)17-12-14(18-15)11-16-10-13-8-6-5-7-9-13/h5-9,14H,3-4,10-12H2,1-2H3/t14-/m1/s1. The van der Waals surface area contributed by atoms with Crippen molar-refractivity contribution in [3.05, 3.63) is 35.9 Å². The molecule has 0 amide bonds. The fourth-order valence-electron chi connectivity index (χ4n) is 2.20. The second kappa shape index (κ2) is 6.32. The van der Waals surface area contributed by atoms with Gasteiger partial charge in [0.05, 0.1) is 19.8 Å². The average molecular weight is 250 g/mol. The van der Waals surface area contributed by atoms with E-state index in [0.29, 0.717) is 19.8 Å². The van der Waals surface area contributed by atoms with Crippen LogP contribution in [0.5, 0.6) is 0 Å². The number of hydrogen-bond acceptors (Lipinski definition) is 3. The minimum Gasteiger partial charge on any atom is -0.374 e. The quantitative estimate of drug-likeness (QED) is 0.776. The van der Waals surface area contributed by atoms with Crippen LogP contribution in [0.4, 0.5) is 0 Å². The van der Waals surface area contributed by atoms with E-state index in [4.69, 9.17) is 14.2 Å². The minimum absolute atomic E-state index is 0.0635. The van der Waals surface area contributed by atoms with Crippen LogP contribution in [0.15, 0.2) is 30.3 Å². The van der Waals surface area contributed by atoms with Gasteiger partial charge in [-0.2, -0.15) is 0 Å². The maximum absolute atomic E-state index is 5.94. The van der Waals surface area contributed by atoms with Crippen LogP contribution in [-0.4, -0.2) is 25.1 Å². The highest BCUT2D eigenvalue weighted by Gasteiger charge is 2.38. The van der Waals surface area contributed by atoms with E-state index >= 15 is 0 Å². The largest absolute Gasteiger partial charge is 0.374 e. The van der Waals surface area contributed by atoms with Crippen molar-refractivity contribution < 1.29 is 14.2 Å². The summed E-state index contributed by atoms with van der Waals surface area (Å²) < 4.78 is 17.4. The minimum atomic E-state index is -0.374. The van der Waals surface area contributed by atoms with Crippen LogP contribution in [-0.2, 0) is 20.8 Å². The Morgan fingerprint density at radius 3 is 2.56 bits per heavy atom. The highest BCUT2D eigenvalue weighted by Crippen LogP contribution is 2.30. The molecule has 18 heavy (non-hydrogen) atoms. The third-order valence-corrected chi connectivity index (χ3v) is 3.41. The molecule has 1 aromatic carbocycles. The van der Waals surface area contributed by atoms with Crippen molar-refractivity contribution in [2.24, 2.45) is 0 Å². The molecule has 1 aliphatic heterocycles. The van der Waals surface area contributed by atoms with E-state index in [1.54, 1.807) is 0 Å². The predicted octanol–water partition coefficient (Wildman–Crippen LogP) is 3.13. The molecule has 0 spiro atoms. The Hall–Kier alpha value is -0.900. The summed E-state index contributed by atoms with van der Waals surface area (Å²) in [5.41, 5.74) is 1.19. The normalized spacial score (nSPS) is 22.2. The molecule has 0 radical (unpaired) electrons. The lowest BCUT2D eigenvalue weighted by Gasteiger charge is -2.24. The van der Waals surface area contributed by atoms with E-state index in [0.717, 1.165) is 12.8 Å². The topological polar surface area (TPSA) is 27.7 Å². The Bertz CT molecular complexity index is 346. The molecule has 2 rings (SSSR count). The molecule has 1 aromatic rings. The van der Waals surface area contributed by atoms with Crippen molar-refractivity contribution in [1.29, 1.82) is 0 Å². The predicted molar refractivity (Wildman–Crippen MR) is 70.2 cm³/mol. The third kappa shape index (κ3) is 3.31. The van der Waals surface area contributed by atoms with Gasteiger partial charge in [-0.15, -0.1) is 0 Å². The first-order valence-electron chi connectivity index (χ1n) is 6.71. The second-order valence-electron chi connectivity index (χ2n) is 4.67. The molecule has 0 bridgehead atoms. The summed E-state index contributed by atoms with van der Waals surface area (Å²) >= 11 is 0. The highest BCUT2D eigenvalue weighted by atomic mass is 16.7. The van der Waals surface area contributed by atoms with Crippen molar-refractivity contribution in [2.45, 2.75) is 45.2 Å². The number of rotatable bonds is 6. The Morgan fingerprint density at radius 1 is 1.22 bits per heavy atom. The first-order valence-corrected chi connectivity index (χ1v) is 6.71. The van der Waals surface area contributed by atoms with Gasteiger partial charge in [0, 0.05) is 0 Å². The first kappa shape index (κ1) is 13.5. The van der Waals surface area contributed by atoms with E-state index in [1.165, 1.54) is 5.56 Å². The van der Waals surface area contributed by atoms with Crippen molar-refractivity contribution in [3.63, 3.8) is 0 Å². The maximum Gasteiger partial charge on any atom is 0.168 e. The van der Waals surface area contributed by atoms with E-state index < -0.39 is 0 Å². The van der Waals surface area contributed by atoms with Gasteiger partial charge in [0.1, 0.15) is 6.10 Å². The molecular formula is C15H22O3. The lowest BCUT2D eigenvalue weighted by Crippen LogP contribution is -2.30. The van der Waals surface area contributed by atoms with E-state index in [9.17, 15) is 0 Å². The average Bonchev–Trinajstić information content (AvgIpc) is 2.84. The highest BCUT2D eigenvalue weighted by molar-refractivity contribution is 5.13. The summed E-state index contributed by atoms with van der Waals surface area (Å²) in [5.74, 6) is -0.374. The van der Waals surface area contributed by atoms with Gasteiger partial charge in [0.15, 0.2) is 5.79 Å². The van der Waals surface area contributed by atoms with Crippen molar-refractivity contribution in [1.82, 2.24) is 0 Å². The molecule has 0 aromatic heterocycles. The van der Waals surface area contributed by atoms with Gasteiger partial charge in [-0.05, 0) is 18.4 Å². The molecule has 1 saturated heterocycles. The van der Waals surface area contributed by atoms with Gasteiger partial charge in [0.2, 0.25) is 0 Å². The van der Waals surface area contributed by atoms with Crippen LogP contribution >= 0.6 is 0 Å². The van der Waals surface area contributed by atoms with Crippen LogP contribution in [0, 0.1) is 0 Å². The zero-order valence-electron chi connectivity index (χ0n) is 11.2. The van der Waals surface area contributed by atoms with Gasteiger partial charge in [0.25, 0.3) is 0 Å². The van der Waals surface area contributed by atoms with Gasteiger partial charge < -0.3 is 14.2 Å². The smallest absolute Gasteiger partial charge is 0.168 e. The lowest BCUT2D eigenvalue weighted by atomic mass is 10.1. The van der Waals surface area contributed by atoms with Crippen molar-refractivity contribution in [2.75, 3.05) is 13.2 Å². The van der Waals surface area contributed by atoms with Gasteiger partial charge in [-0.1, -0.05) is 44.2 Å². The molecule has 0 saturated carbocycles. The van der Waals surface area contributed by atoms with E-state index in [2.05, 4.69) is 26.0 Å². The van der Waals surface area contributed by atoms with Gasteiger partial charge in [-0.3, -0.25) is 0 Å². The van der Waals surface area contributed by atoms with Crippen molar-refractivity contribution >= 4 is 0 Å². The van der Waals surface area contributed by atoms with Crippen LogP contribution in [0.3, 0.4) is 0 Å². The summed E-state index contributed by atoms with van der Waals surface area (Å²) in [6, 6.07) is 10.2. The van der Waals surface area contributed by atoms with Crippen LogP contribution in [0.25, 0.3) is 0 Å². The fraction of sp³-hybridized carbons (Fsp3) is 0.600. The molecule has 3 nitrogen and oxygen atoms in total. The molecular weight excluding hydrogens is 228 g/mol. The lowest BCUT2D eigenvalue weighted by molar-refractivity contribution is -0.177. The van der Waals surface area contributed by atoms with Gasteiger partial charge in [-0.25, -0.2) is 0 Å². The first-order chi connectivity index (χ1) is 8.78. The van der Waals surface area contributed by atoms with Crippen LogP contribution < -0.4 is 0 Å². The summed E-state index contributed by atoms with van der Waals surface area (Å²) in [6.45, 7) is 6.05. The third-order valence-electron chi connectivity index (χ3n) is 3.41. The number of hydrogen-bond donors (Lipinski definition) is 0. The molecule has 1 fully saturated rings. The zero-order valence-corrected chi connectivity index (χ0v) is 11.2. The Labute approximate surface area is 109 Å². The molecule has 100 valence electrons. The number of benzene rings is 1. The van der Waals surface area contributed by atoms with E-state index in [-0.39, 0.29) is 11.9 Å². The van der Waals surface area contributed by atoms with Crippen LogP contribution in [0.2, 0.25) is 0 Å². The molecule has 0 unspecified atom stereocenters.